The number of thiazole rings is 1. The lowest BCUT2D eigenvalue weighted by atomic mass is 10.2. The van der Waals surface area contributed by atoms with Crippen molar-refractivity contribution < 1.29 is 4.79 Å². The molecule has 1 N–H and O–H groups in total. The molecule has 1 saturated heterocycles. The average molecular weight is 415 g/mol. The van der Waals surface area contributed by atoms with E-state index in [1.807, 2.05) is 30.3 Å². The van der Waals surface area contributed by atoms with Gasteiger partial charge in [0.1, 0.15) is 5.01 Å². The normalized spacial score (nSPS) is 15.8. The molecule has 0 bridgehead atoms. The molecular weight excluding hydrogens is 392 g/mol. The molecule has 2 aromatic carbocycles. The average Bonchev–Trinajstić information content (AvgIpc) is 3.10. The van der Waals surface area contributed by atoms with Gasteiger partial charge in [0, 0.05) is 37.7 Å². The summed E-state index contributed by atoms with van der Waals surface area (Å²) in [4.78, 5) is 21.6. The van der Waals surface area contributed by atoms with Crippen molar-refractivity contribution in [3.8, 4) is 0 Å². The second-order valence-electron chi connectivity index (χ2n) is 7.03. The van der Waals surface area contributed by atoms with Gasteiger partial charge in [-0.1, -0.05) is 35.9 Å². The Kier molecular flexibility index (Phi) is 6.22. The number of rotatable bonds is 6. The molecule has 0 saturated carbocycles. The van der Waals surface area contributed by atoms with Gasteiger partial charge in [-0.05, 0) is 29.8 Å². The Labute approximate surface area is 173 Å². The van der Waals surface area contributed by atoms with Gasteiger partial charge in [-0.25, -0.2) is 4.98 Å². The zero-order valence-electron chi connectivity index (χ0n) is 15.6. The summed E-state index contributed by atoms with van der Waals surface area (Å²) in [5.74, 6) is 0.0552. The van der Waals surface area contributed by atoms with Gasteiger partial charge in [-0.2, -0.15) is 0 Å². The first kappa shape index (κ1) is 19.3. The Morgan fingerprint density at radius 3 is 2.64 bits per heavy atom. The van der Waals surface area contributed by atoms with E-state index in [4.69, 9.17) is 16.6 Å². The predicted octanol–water partition coefficient (Wildman–Crippen LogP) is 3.38. The number of hydrogen-bond donors (Lipinski definition) is 1. The Morgan fingerprint density at radius 1 is 1.07 bits per heavy atom. The van der Waals surface area contributed by atoms with Crippen molar-refractivity contribution in [3.63, 3.8) is 0 Å². The van der Waals surface area contributed by atoms with Gasteiger partial charge in [0.05, 0.1) is 23.3 Å². The topological polar surface area (TPSA) is 48.5 Å². The number of hydrogen-bond acceptors (Lipinski definition) is 5. The Balaban J connectivity index is 1.21. The van der Waals surface area contributed by atoms with Crippen molar-refractivity contribution in [1.29, 1.82) is 0 Å². The van der Waals surface area contributed by atoms with E-state index in [9.17, 15) is 4.79 Å². The molecule has 1 fully saturated rings. The summed E-state index contributed by atoms with van der Waals surface area (Å²) in [6.07, 6.45) is 0. The van der Waals surface area contributed by atoms with Crippen molar-refractivity contribution in [3.05, 3.63) is 64.1 Å². The summed E-state index contributed by atoms with van der Waals surface area (Å²) in [6.45, 7) is 5.54. The van der Waals surface area contributed by atoms with Crippen LogP contribution in [0.3, 0.4) is 0 Å². The summed E-state index contributed by atoms with van der Waals surface area (Å²) in [6, 6.07) is 15.8. The van der Waals surface area contributed by atoms with E-state index in [1.54, 1.807) is 11.3 Å². The van der Waals surface area contributed by atoms with E-state index in [1.165, 1.54) is 4.70 Å². The quantitative estimate of drug-likeness (QED) is 0.671. The molecule has 0 atom stereocenters. The molecule has 28 heavy (non-hydrogen) atoms. The lowest BCUT2D eigenvalue weighted by Gasteiger charge is -2.33. The molecule has 1 aliphatic rings. The number of fused-ring (bicyclic) bond motifs is 1. The number of aromatic nitrogens is 1. The van der Waals surface area contributed by atoms with Crippen LogP contribution < -0.4 is 5.32 Å². The molecule has 7 heteroatoms. The smallest absolute Gasteiger partial charge is 0.234 e. The highest BCUT2D eigenvalue weighted by atomic mass is 35.5. The number of para-hydroxylation sites is 1. The monoisotopic (exact) mass is 414 g/mol. The van der Waals surface area contributed by atoms with E-state index < -0.39 is 0 Å². The standard InChI is InChI=1S/C21H23ClN4OS/c22-17-5-3-4-16(12-17)13-23-20(27)14-25-8-10-26(11-9-25)15-21-24-18-6-1-2-7-19(18)28-21/h1-7,12H,8-11,13-15H2,(H,23,27). The molecule has 0 aliphatic carbocycles. The van der Waals surface area contributed by atoms with E-state index in [2.05, 4.69) is 33.3 Å². The maximum atomic E-state index is 12.2. The SMILES string of the molecule is O=C(CN1CCN(Cc2nc3ccccc3s2)CC1)NCc1cccc(Cl)c1. The molecular formula is C21H23ClN4OS. The zero-order chi connectivity index (χ0) is 19.3. The maximum Gasteiger partial charge on any atom is 0.234 e. The Bertz CT molecular complexity index is 919. The molecule has 1 aliphatic heterocycles. The number of carbonyl (C=O) groups excluding carboxylic acids is 1. The summed E-state index contributed by atoms with van der Waals surface area (Å²) < 4.78 is 1.24. The molecule has 4 rings (SSSR count). The molecule has 0 radical (unpaired) electrons. The third-order valence-electron chi connectivity index (χ3n) is 4.91. The van der Waals surface area contributed by atoms with Crippen molar-refractivity contribution in [2.45, 2.75) is 13.1 Å². The molecule has 0 unspecified atom stereocenters. The highest BCUT2D eigenvalue weighted by Crippen LogP contribution is 2.23. The first-order valence-corrected chi connectivity index (χ1v) is 10.7. The molecule has 3 aromatic rings. The van der Waals surface area contributed by atoms with Crippen LogP contribution in [0.15, 0.2) is 48.5 Å². The van der Waals surface area contributed by atoms with Crippen LogP contribution in [-0.4, -0.2) is 53.4 Å². The van der Waals surface area contributed by atoms with Crippen LogP contribution in [0.25, 0.3) is 10.2 Å². The third kappa shape index (κ3) is 5.08. The lowest BCUT2D eigenvalue weighted by Crippen LogP contribution is -2.49. The number of nitrogens with one attached hydrogen (secondary N) is 1. The lowest BCUT2D eigenvalue weighted by molar-refractivity contribution is -0.122. The highest BCUT2D eigenvalue weighted by Gasteiger charge is 2.20. The van der Waals surface area contributed by atoms with Crippen molar-refractivity contribution in [2.75, 3.05) is 32.7 Å². The second kappa shape index (κ2) is 9.01. The largest absolute Gasteiger partial charge is 0.351 e. The van der Waals surface area contributed by atoms with Gasteiger partial charge < -0.3 is 5.32 Å². The summed E-state index contributed by atoms with van der Waals surface area (Å²) >= 11 is 7.75. The van der Waals surface area contributed by atoms with Gasteiger partial charge in [0.2, 0.25) is 5.91 Å². The van der Waals surface area contributed by atoms with Crippen LogP contribution in [0.5, 0.6) is 0 Å². The van der Waals surface area contributed by atoms with Gasteiger partial charge in [-0.15, -0.1) is 11.3 Å². The predicted molar refractivity (Wildman–Crippen MR) is 115 cm³/mol. The molecule has 2 heterocycles. The van der Waals surface area contributed by atoms with E-state index in [0.717, 1.165) is 48.8 Å². The first-order valence-electron chi connectivity index (χ1n) is 9.46. The van der Waals surface area contributed by atoms with Crippen LogP contribution in [0.4, 0.5) is 0 Å². The fraction of sp³-hybridized carbons (Fsp3) is 0.333. The zero-order valence-corrected chi connectivity index (χ0v) is 17.2. The summed E-state index contributed by atoms with van der Waals surface area (Å²) in [5.41, 5.74) is 2.10. The van der Waals surface area contributed by atoms with Crippen LogP contribution >= 0.6 is 22.9 Å². The van der Waals surface area contributed by atoms with Crippen molar-refractivity contribution in [1.82, 2.24) is 20.1 Å². The third-order valence-corrected chi connectivity index (χ3v) is 6.16. The maximum absolute atomic E-state index is 12.2. The number of halogens is 1. The second-order valence-corrected chi connectivity index (χ2v) is 8.59. The minimum Gasteiger partial charge on any atom is -0.351 e. The van der Waals surface area contributed by atoms with Crippen LogP contribution in [0.2, 0.25) is 5.02 Å². The van der Waals surface area contributed by atoms with E-state index >= 15 is 0 Å². The molecule has 0 spiro atoms. The number of amides is 1. The van der Waals surface area contributed by atoms with Crippen molar-refractivity contribution in [2.24, 2.45) is 0 Å². The fourth-order valence-corrected chi connectivity index (χ4v) is 4.61. The highest BCUT2D eigenvalue weighted by molar-refractivity contribution is 7.18. The van der Waals surface area contributed by atoms with Crippen LogP contribution in [0, 0.1) is 0 Å². The van der Waals surface area contributed by atoms with Gasteiger partial charge in [0.25, 0.3) is 0 Å². The molecule has 1 amide bonds. The van der Waals surface area contributed by atoms with E-state index in [0.29, 0.717) is 18.1 Å². The van der Waals surface area contributed by atoms with Gasteiger partial charge in [-0.3, -0.25) is 14.6 Å². The van der Waals surface area contributed by atoms with Gasteiger partial charge in [0.15, 0.2) is 0 Å². The van der Waals surface area contributed by atoms with E-state index in [-0.39, 0.29) is 5.91 Å². The molecule has 1 aromatic heterocycles. The number of nitrogens with zero attached hydrogens (tertiary/aromatic N) is 3. The fourth-order valence-electron chi connectivity index (χ4n) is 3.39. The molecule has 5 nitrogen and oxygen atoms in total. The summed E-state index contributed by atoms with van der Waals surface area (Å²) in [7, 11) is 0. The number of benzene rings is 2. The Morgan fingerprint density at radius 2 is 1.86 bits per heavy atom. The summed E-state index contributed by atoms with van der Waals surface area (Å²) in [5, 5.41) is 4.83. The molecule has 146 valence electrons. The van der Waals surface area contributed by atoms with Crippen molar-refractivity contribution >= 4 is 39.1 Å². The number of carbonyl (C=O) groups is 1. The van der Waals surface area contributed by atoms with Crippen LogP contribution in [-0.2, 0) is 17.9 Å². The van der Waals surface area contributed by atoms with Gasteiger partial charge >= 0.3 is 0 Å². The Hall–Kier alpha value is -1.99. The minimum absolute atomic E-state index is 0.0552. The van der Waals surface area contributed by atoms with Crippen LogP contribution in [0.1, 0.15) is 10.6 Å². The number of piperazine rings is 1. The minimum atomic E-state index is 0.0552. The first-order chi connectivity index (χ1) is 13.7.